The molecular formula is C30H28FN3OS. The number of hydrogen-bond donors (Lipinski definition) is 0. The first-order valence-corrected chi connectivity index (χ1v) is 13.1. The number of hydrogen-bond acceptors (Lipinski definition) is 3. The minimum absolute atomic E-state index is 0.123. The maximum atomic E-state index is 14.0. The van der Waals surface area contributed by atoms with Crippen LogP contribution in [-0.4, -0.2) is 33.3 Å². The molecular weight excluding hydrogens is 469 g/mol. The van der Waals surface area contributed by atoms with Crippen molar-refractivity contribution < 1.29 is 9.18 Å². The molecule has 5 aromatic rings. The number of halogens is 1. The van der Waals surface area contributed by atoms with E-state index in [9.17, 15) is 9.18 Å². The highest BCUT2D eigenvalue weighted by molar-refractivity contribution is 7.15. The Bertz CT molecular complexity index is 1390. The molecule has 0 N–H and O–H groups in total. The molecule has 0 saturated heterocycles. The Morgan fingerprint density at radius 1 is 0.944 bits per heavy atom. The lowest BCUT2D eigenvalue weighted by Crippen LogP contribution is -2.37. The van der Waals surface area contributed by atoms with Crippen LogP contribution in [-0.2, 0) is 11.2 Å². The lowest BCUT2D eigenvalue weighted by atomic mass is 9.90. The number of amides is 1. The van der Waals surface area contributed by atoms with Gasteiger partial charge in [-0.3, -0.25) is 9.20 Å². The number of rotatable bonds is 9. The number of benzene rings is 3. The first-order chi connectivity index (χ1) is 17.6. The van der Waals surface area contributed by atoms with Crippen molar-refractivity contribution in [3.8, 4) is 11.3 Å². The molecule has 6 heteroatoms. The van der Waals surface area contributed by atoms with Crippen LogP contribution in [0.15, 0.2) is 96.5 Å². The van der Waals surface area contributed by atoms with Gasteiger partial charge < -0.3 is 4.90 Å². The van der Waals surface area contributed by atoms with E-state index in [1.807, 2.05) is 71.8 Å². The maximum absolute atomic E-state index is 14.0. The molecule has 2 aromatic heterocycles. The van der Waals surface area contributed by atoms with E-state index in [4.69, 9.17) is 4.98 Å². The summed E-state index contributed by atoms with van der Waals surface area (Å²) in [4.78, 5) is 21.6. The molecule has 0 aliphatic rings. The van der Waals surface area contributed by atoms with Gasteiger partial charge in [-0.15, -0.1) is 11.3 Å². The zero-order valence-corrected chi connectivity index (χ0v) is 21.0. The van der Waals surface area contributed by atoms with Crippen LogP contribution < -0.4 is 0 Å². The second kappa shape index (κ2) is 10.9. The Balaban J connectivity index is 1.39. The van der Waals surface area contributed by atoms with Crippen molar-refractivity contribution in [3.63, 3.8) is 0 Å². The Kier molecular flexibility index (Phi) is 7.23. The molecule has 0 fully saturated rings. The van der Waals surface area contributed by atoms with Gasteiger partial charge in [0.15, 0.2) is 4.96 Å². The molecule has 0 atom stereocenters. The quantitative estimate of drug-likeness (QED) is 0.224. The van der Waals surface area contributed by atoms with Crippen LogP contribution in [0.1, 0.15) is 36.1 Å². The summed E-state index contributed by atoms with van der Waals surface area (Å²) in [5.74, 6) is -0.469. The summed E-state index contributed by atoms with van der Waals surface area (Å²) in [6, 6.07) is 26.4. The smallest absolute Gasteiger partial charge is 0.234 e. The summed E-state index contributed by atoms with van der Waals surface area (Å²) in [6.45, 7) is 3.43. The highest BCUT2D eigenvalue weighted by atomic mass is 32.1. The fraction of sp³-hybridized carbons (Fsp3) is 0.200. The van der Waals surface area contributed by atoms with Crippen LogP contribution in [0, 0.1) is 5.82 Å². The summed E-state index contributed by atoms with van der Waals surface area (Å²) >= 11 is 1.58. The topological polar surface area (TPSA) is 37.6 Å². The van der Waals surface area contributed by atoms with Crippen molar-refractivity contribution in [1.82, 2.24) is 14.3 Å². The molecule has 4 nitrogen and oxygen atoms in total. The van der Waals surface area contributed by atoms with Crippen molar-refractivity contribution >= 4 is 22.2 Å². The predicted molar refractivity (Wildman–Crippen MR) is 144 cm³/mol. The summed E-state index contributed by atoms with van der Waals surface area (Å²) in [7, 11) is 0. The van der Waals surface area contributed by atoms with Crippen LogP contribution in [0.25, 0.3) is 16.2 Å². The van der Waals surface area contributed by atoms with E-state index in [1.165, 1.54) is 12.1 Å². The van der Waals surface area contributed by atoms with Gasteiger partial charge in [0.1, 0.15) is 5.82 Å². The molecule has 0 aliphatic carbocycles. The lowest BCUT2D eigenvalue weighted by Gasteiger charge is -2.28. The standard InChI is InChI=1S/C30H28FN3OS/c1-2-18-33(29(35)28(23-9-5-3-6-10-23)24-11-7-4-8-12-24)19-17-26-21-36-30-32-27(20-34(26)30)22-13-15-25(31)16-14-22/h3-16,20-21,28H,2,17-19H2,1H3. The SMILES string of the molecule is CCCN(CCc1csc2nc(-c3ccc(F)cc3)cn12)C(=O)C(c1ccccc1)c1ccccc1. The highest BCUT2D eigenvalue weighted by Crippen LogP contribution is 2.28. The van der Waals surface area contributed by atoms with E-state index in [0.29, 0.717) is 13.1 Å². The molecule has 0 unspecified atom stereocenters. The van der Waals surface area contributed by atoms with Crippen molar-refractivity contribution in [1.29, 1.82) is 0 Å². The van der Waals surface area contributed by atoms with E-state index in [1.54, 1.807) is 23.5 Å². The normalized spacial score (nSPS) is 11.3. The van der Waals surface area contributed by atoms with Gasteiger partial charge >= 0.3 is 0 Å². The number of carbonyl (C=O) groups is 1. The molecule has 0 saturated carbocycles. The summed E-state index contributed by atoms with van der Waals surface area (Å²) in [5.41, 5.74) is 4.82. The first kappa shape index (κ1) is 23.9. The van der Waals surface area contributed by atoms with E-state index in [2.05, 4.69) is 16.7 Å². The monoisotopic (exact) mass is 497 g/mol. The molecule has 36 heavy (non-hydrogen) atoms. The third-order valence-corrected chi connectivity index (χ3v) is 7.27. The molecule has 2 heterocycles. The fourth-order valence-electron chi connectivity index (χ4n) is 4.57. The van der Waals surface area contributed by atoms with Gasteiger partial charge in [-0.05, 0) is 41.8 Å². The molecule has 1 amide bonds. The van der Waals surface area contributed by atoms with Gasteiger partial charge in [-0.1, -0.05) is 67.6 Å². The molecule has 0 spiro atoms. The van der Waals surface area contributed by atoms with Crippen LogP contribution in [0.2, 0.25) is 0 Å². The first-order valence-electron chi connectivity index (χ1n) is 12.2. The molecule has 5 rings (SSSR count). The maximum Gasteiger partial charge on any atom is 0.234 e. The number of thiazole rings is 1. The predicted octanol–water partition coefficient (Wildman–Crippen LogP) is 6.82. The van der Waals surface area contributed by atoms with Crippen LogP contribution in [0.3, 0.4) is 0 Å². The Morgan fingerprint density at radius 2 is 1.58 bits per heavy atom. The van der Waals surface area contributed by atoms with Crippen LogP contribution in [0.4, 0.5) is 4.39 Å². The van der Waals surface area contributed by atoms with Gasteiger partial charge in [-0.2, -0.15) is 0 Å². The van der Waals surface area contributed by atoms with Gasteiger partial charge in [0.05, 0.1) is 11.6 Å². The average Bonchev–Trinajstić information content (AvgIpc) is 3.50. The van der Waals surface area contributed by atoms with Gasteiger partial charge in [0, 0.05) is 42.3 Å². The number of carbonyl (C=O) groups excluding carboxylic acids is 1. The third-order valence-electron chi connectivity index (χ3n) is 6.38. The second-order valence-corrected chi connectivity index (χ2v) is 9.68. The zero-order valence-electron chi connectivity index (χ0n) is 20.2. The molecule has 3 aromatic carbocycles. The largest absolute Gasteiger partial charge is 0.341 e. The zero-order chi connectivity index (χ0) is 24.9. The minimum atomic E-state index is -0.334. The number of aromatic nitrogens is 2. The van der Waals surface area contributed by atoms with Crippen LogP contribution >= 0.6 is 11.3 Å². The van der Waals surface area contributed by atoms with Gasteiger partial charge in [0.2, 0.25) is 5.91 Å². The Labute approximate surface area is 214 Å². The number of fused-ring (bicyclic) bond motifs is 1. The van der Waals surface area contributed by atoms with Crippen molar-refractivity contribution in [2.75, 3.05) is 13.1 Å². The van der Waals surface area contributed by atoms with Gasteiger partial charge in [0.25, 0.3) is 0 Å². The lowest BCUT2D eigenvalue weighted by molar-refractivity contribution is -0.131. The summed E-state index contributed by atoms with van der Waals surface area (Å²) < 4.78 is 15.4. The van der Waals surface area contributed by atoms with E-state index in [0.717, 1.165) is 45.9 Å². The second-order valence-electron chi connectivity index (χ2n) is 8.84. The van der Waals surface area contributed by atoms with Crippen molar-refractivity contribution in [3.05, 3.63) is 119 Å². The Hall–Kier alpha value is -3.77. The van der Waals surface area contributed by atoms with E-state index in [-0.39, 0.29) is 17.6 Å². The molecule has 0 bridgehead atoms. The molecule has 0 aliphatic heterocycles. The number of nitrogens with zero attached hydrogens (tertiary/aromatic N) is 3. The summed E-state index contributed by atoms with van der Waals surface area (Å²) in [6.07, 6.45) is 3.61. The molecule has 182 valence electrons. The van der Waals surface area contributed by atoms with Gasteiger partial charge in [-0.25, -0.2) is 9.37 Å². The fourth-order valence-corrected chi connectivity index (χ4v) is 5.48. The van der Waals surface area contributed by atoms with Crippen LogP contribution in [0.5, 0.6) is 0 Å². The Morgan fingerprint density at radius 3 is 2.19 bits per heavy atom. The van der Waals surface area contributed by atoms with E-state index < -0.39 is 0 Å². The number of imidazole rings is 1. The van der Waals surface area contributed by atoms with Crippen molar-refractivity contribution in [2.24, 2.45) is 0 Å². The van der Waals surface area contributed by atoms with Crippen molar-refractivity contribution in [2.45, 2.75) is 25.7 Å². The third kappa shape index (κ3) is 5.09. The average molecular weight is 498 g/mol. The minimum Gasteiger partial charge on any atom is -0.341 e. The highest BCUT2D eigenvalue weighted by Gasteiger charge is 2.27. The summed E-state index contributed by atoms with van der Waals surface area (Å²) in [5, 5.41) is 2.11. The van der Waals surface area contributed by atoms with E-state index >= 15 is 0 Å². The molecule has 0 radical (unpaired) electrons.